The number of carbonyl (C=O) groups is 1. The van der Waals surface area contributed by atoms with Crippen LogP contribution in [0.4, 0.5) is 0 Å². The summed E-state index contributed by atoms with van der Waals surface area (Å²) in [5.41, 5.74) is -0.580. The van der Waals surface area contributed by atoms with Crippen molar-refractivity contribution in [1.29, 1.82) is 0 Å². The van der Waals surface area contributed by atoms with E-state index < -0.39 is 12.8 Å². The Morgan fingerprint density at radius 2 is 2.17 bits per heavy atom. The summed E-state index contributed by atoms with van der Waals surface area (Å²) in [6.45, 7) is 0. The number of nitrogens with zero attached hydrogens (tertiary/aromatic N) is 1. The van der Waals surface area contributed by atoms with E-state index in [1.54, 1.807) is 6.07 Å². The van der Waals surface area contributed by atoms with Crippen molar-refractivity contribution < 1.29 is 14.8 Å². The van der Waals surface area contributed by atoms with Gasteiger partial charge in [-0.1, -0.05) is 0 Å². The Balaban J connectivity index is 2.90. The number of carbonyl (C=O) groups excluding carboxylic acids is 1. The van der Waals surface area contributed by atoms with Gasteiger partial charge in [0, 0.05) is 11.8 Å². The van der Waals surface area contributed by atoms with Gasteiger partial charge in [0.1, 0.15) is 4.60 Å². The van der Waals surface area contributed by atoms with Gasteiger partial charge in [-0.3, -0.25) is 4.79 Å². The van der Waals surface area contributed by atoms with Gasteiger partial charge >= 0.3 is 7.12 Å². The Labute approximate surface area is 77.5 Å². The summed E-state index contributed by atoms with van der Waals surface area (Å²) in [6, 6.07) is 3.01. The van der Waals surface area contributed by atoms with Crippen molar-refractivity contribution in [2.24, 2.45) is 0 Å². The van der Waals surface area contributed by atoms with Gasteiger partial charge in [0.25, 0.3) is 0 Å². The fourth-order valence-electron chi connectivity index (χ4n) is 0.671. The van der Waals surface area contributed by atoms with Crippen molar-refractivity contribution in [2.45, 2.75) is 0 Å². The van der Waals surface area contributed by atoms with Crippen LogP contribution in [0.1, 0.15) is 10.4 Å². The van der Waals surface area contributed by atoms with Gasteiger partial charge in [-0.25, -0.2) is 4.98 Å². The molecule has 0 saturated carbocycles. The van der Waals surface area contributed by atoms with E-state index in [0.717, 1.165) is 0 Å². The molecule has 0 fully saturated rings. The number of pyridine rings is 1. The SMILES string of the molecule is O=C(B(O)O)c1ccc(Br)nc1. The molecule has 0 spiro atoms. The summed E-state index contributed by atoms with van der Waals surface area (Å²) in [5.74, 6) is 0. The van der Waals surface area contributed by atoms with Crippen molar-refractivity contribution in [2.75, 3.05) is 0 Å². The summed E-state index contributed by atoms with van der Waals surface area (Å²) in [7, 11) is -1.96. The van der Waals surface area contributed by atoms with Gasteiger partial charge in [-0.15, -0.1) is 0 Å². The first-order valence-electron chi connectivity index (χ1n) is 3.13. The molecular weight excluding hydrogens is 225 g/mol. The van der Waals surface area contributed by atoms with Gasteiger partial charge in [0.05, 0.1) is 0 Å². The average molecular weight is 230 g/mol. The predicted molar refractivity (Wildman–Crippen MR) is 46.5 cm³/mol. The van der Waals surface area contributed by atoms with E-state index in [0.29, 0.717) is 4.60 Å². The van der Waals surface area contributed by atoms with Crippen LogP contribution in [0.15, 0.2) is 22.9 Å². The molecule has 0 aliphatic carbocycles. The Hall–Kier alpha value is -0.715. The highest BCUT2D eigenvalue weighted by Crippen LogP contribution is 2.06. The molecule has 0 bridgehead atoms. The summed E-state index contributed by atoms with van der Waals surface area (Å²) in [6.07, 6.45) is 1.27. The van der Waals surface area contributed by atoms with E-state index in [4.69, 9.17) is 10.0 Å². The second-order valence-electron chi connectivity index (χ2n) is 2.11. The zero-order valence-electron chi connectivity index (χ0n) is 5.94. The zero-order chi connectivity index (χ0) is 9.14. The Bertz CT molecular complexity index is 287. The third kappa shape index (κ3) is 2.13. The maximum atomic E-state index is 10.9. The monoisotopic (exact) mass is 229 g/mol. The van der Waals surface area contributed by atoms with Crippen LogP contribution in [-0.4, -0.2) is 27.8 Å². The molecule has 1 rings (SSSR count). The van der Waals surface area contributed by atoms with E-state index in [-0.39, 0.29) is 5.56 Å². The van der Waals surface area contributed by atoms with Crippen molar-refractivity contribution in [1.82, 2.24) is 4.98 Å². The van der Waals surface area contributed by atoms with Gasteiger partial charge in [0.15, 0.2) is 5.68 Å². The molecule has 2 N–H and O–H groups in total. The molecule has 1 aromatic heterocycles. The van der Waals surface area contributed by atoms with Gasteiger partial charge in [0.2, 0.25) is 0 Å². The maximum Gasteiger partial charge on any atom is 0.532 e. The lowest BCUT2D eigenvalue weighted by molar-refractivity contribution is 0.103. The van der Waals surface area contributed by atoms with E-state index >= 15 is 0 Å². The molecule has 0 aliphatic heterocycles. The van der Waals surface area contributed by atoms with E-state index in [2.05, 4.69) is 20.9 Å². The Kier molecular flexibility index (Phi) is 2.96. The molecule has 4 nitrogen and oxygen atoms in total. The number of rotatable bonds is 2. The minimum atomic E-state index is -1.96. The van der Waals surface area contributed by atoms with Gasteiger partial charge in [-0.05, 0) is 28.1 Å². The van der Waals surface area contributed by atoms with Crippen molar-refractivity contribution in [3.05, 3.63) is 28.5 Å². The molecule has 62 valence electrons. The van der Waals surface area contributed by atoms with Crippen LogP contribution < -0.4 is 0 Å². The molecule has 6 heteroatoms. The molecule has 1 aromatic rings. The van der Waals surface area contributed by atoms with E-state index in [1.165, 1.54) is 12.3 Å². The molecule has 0 unspecified atom stereocenters. The van der Waals surface area contributed by atoms with Crippen LogP contribution in [0.25, 0.3) is 0 Å². The number of aromatic nitrogens is 1. The first-order valence-corrected chi connectivity index (χ1v) is 3.92. The molecule has 12 heavy (non-hydrogen) atoms. The lowest BCUT2D eigenvalue weighted by Crippen LogP contribution is -2.25. The minimum Gasteiger partial charge on any atom is -0.421 e. The van der Waals surface area contributed by atoms with Crippen molar-refractivity contribution in [3.63, 3.8) is 0 Å². The highest BCUT2D eigenvalue weighted by Gasteiger charge is 2.21. The number of halogens is 1. The first-order chi connectivity index (χ1) is 5.61. The molecule has 0 saturated heterocycles. The van der Waals surface area contributed by atoms with Crippen molar-refractivity contribution >= 4 is 28.7 Å². The fraction of sp³-hybridized carbons (Fsp3) is 0. The molecule has 1 heterocycles. The molecule has 0 radical (unpaired) electrons. The summed E-state index contributed by atoms with van der Waals surface area (Å²) >= 11 is 3.08. The number of hydrogen-bond acceptors (Lipinski definition) is 4. The smallest absolute Gasteiger partial charge is 0.421 e. The lowest BCUT2D eigenvalue weighted by atomic mass is 9.81. The van der Waals surface area contributed by atoms with Gasteiger partial charge in [-0.2, -0.15) is 0 Å². The standard InChI is InChI=1S/C6H5BBrNO3/c8-5-2-1-4(3-9-5)6(10)7(11)12/h1-3,11-12H. The maximum absolute atomic E-state index is 10.9. The van der Waals surface area contributed by atoms with Gasteiger partial charge < -0.3 is 10.0 Å². The molecular formula is C6H5BBrNO3. The highest BCUT2D eigenvalue weighted by atomic mass is 79.9. The average Bonchev–Trinajstić information content (AvgIpc) is 2.04. The van der Waals surface area contributed by atoms with Crippen LogP contribution in [0.5, 0.6) is 0 Å². The van der Waals surface area contributed by atoms with Crippen LogP contribution in [0.3, 0.4) is 0 Å². The largest absolute Gasteiger partial charge is 0.532 e. The Morgan fingerprint density at radius 3 is 2.58 bits per heavy atom. The fourth-order valence-corrected chi connectivity index (χ4v) is 0.905. The van der Waals surface area contributed by atoms with Crippen LogP contribution in [0, 0.1) is 0 Å². The van der Waals surface area contributed by atoms with E-state index in [9.17, 15) is 4.79 Å². The number of hydrogen-bond donors (Lipinski definition) is 2. The summed E-state index contributed by atoms with van der Waals surface area (Å²) in [5, 5.41) is 17.0. The molecule has 0 aliphatic rings. The molecule has 0 aromatic carbocycles. The van der Waals surface area contributed by atoms with E-state index in [1.807, 2.05) is 0 Å². The minimum absolute atomic E-state index is 0.174. The lowest BCUT2D eigenvalue weighted by Gasteiger charge is -1.97. The van der Waals surface area contributed by atoms with Crippen LogP contribution in [0.2, 0.25) is 0 Å². The quantitative estimate of drug-likeness (QED) is 0.555. The predicted octanol–water partition coefficient (Wildman–Crippen LogP) is 0.0388. The first kappa shape index (κ1) is 9.37. The summed E-state index contributed by atoms with van der Waals surface area (Å²) in [4.78, 5) is 14.7. The van der Waals surface area contributed by atoms with Crippen molar-refractivity contribution in [3.8, 4) is 0 Å². The Morgan fingerprint density at radius 1 is 1.50 bits per heavy atom. The summed E-state index contributed by atoms with van der Waals surface area (Å²) < 4.78 is 0.589. The van der Waals surface area contributed by atoms with Crippen LogP contribution in [-0.2, 0) is 0 Å². The third-order valence-electron chi connectivity index (χ3n) is 1.25. The second-order valence-corrected chi connectivity index (χ2v) is 2.92. The second kappa shape index (κ2) is 3.80. The zero-order valence-corrected chi connectivity index (χ0v) is 7.52. The normalized spacial score (nSPS) is 9.58. The molecule has 0 atom stereocenters. The van der Waals surface area contributed by atoms with Crippen LogP contribution >= 0.6 is 15.9 Å². The third-order valence-corrected chi connectivity index (χ3v) is 1.72. The topological polar surface area (TPSA) is 70.4 Å². The highest BCUT2D eigenvalue weighted by molar-refractivity contribution is 9.10. The molecule has 0 amide bonds.